The number of aromatic nitrogens is 2. The van der Waals surface area contributed by atoms with Crippen LogP contribution < -0.4 is 0 Å². The SMILES string of the molecule is Cc1c(C(=O)O)cnn1C1CCN(C(=O)Cc2ccccc2F)CC1. The van der Waals surface area contributed by atoms with E-state index in [1.165, 1.54) is 12.3 Å². The van der Waals surface area contributed by atoms with Crippen molar-refractivity contribution < 1.29 is 19.1 Å². The Labute approximate surface area is 144 Å². The minimum atomic E-state index is -0.985. The largest absolute Gasteiger partial charge is 0.478 e. The van der Waals surface area contributed by atoms with Crippen molar-refractivity contribution in [1.82, 2.24) is 14.7 Å². The first-order chi connectivity index (χ1) is 12.0. The number of carbonyl (C=O) groups is 2. The predicted molar refractivity (Wildman–Crippen MR) is 88.9 cm³/mol. The van der Waals surface area contributed by atoms with E-state index in [9.17, 15) is 14.0 Å². The fourth-order valence-corrected chi connectivity index (χ4v) is 3.28. The first kappa shape index (κ1) is 17.1. The maximum Gasteiger partial charge on any atom is 0.339 e. The summed E-state index contributed by atoms with van der Waals surface area (Å²) in [5.41, 5.74) is 1.24. The minimum Gasteiger partial charge on any atom is -0.478 e. The zero-order valence-corrected chi connectivity index (χ0v) is 14.0. The summed E-state index contributed by atoms with van der Waals surface area (Å²) in [5, 5.41) is 13.3. The number of carboxylic acid groups (broad SMARTS) is 1. The number of halogens is 1. The second-order valence-corrected chi connectivity index (χ2v) is 6.27. The monoisotopic (exact) mass is 345 g/mol. The summed E-state index contributed by atoms with van der Waals surface area (Å²) in [6, 6.07) is 6.38. The van der Waals surface area contributed by atoms with Gasteiger partial charge in [0.15, 0.2) is 0 Å². The van der Waals surface area contributed by atoms with E-state index in [0.29, 0.717) is 37.2 Å². The van der Waals surface area contributed by atoms with Crippen LogP contribution in [-0.4, -0.2) is 44.8 Å². The van der Waals surface area contributed by atoms with Crippen molar-refractivity contribution in [3.8, 4) is 0 Å². The maximum atomic E-state index is 13.7. The molecule has 0 bridgehead atoms. The summed E-state index contributed by atoms with van der Waals surface area (Å²) in [4.78, 5) is 25.2. The Hall–Kier alpha value is -2.70. The van der Waals surface area contributed by atoms with Gasteiger partial charge in [-0.3, -0.25) is 9.48 Å². The van der Waals surface area contributed by atoms with E-state index >= 15 is 0 Å². The van der Waals surface area contributed by atoms with Crippen LogP contribution in [-0.2, 0) is 11.2 Å². The van der Waals surface area contributed by atoms with Gasteiger partial charge in [-0.1, -0.05) is 18.2 Å². The van der Waals surface area contributed by atoms with Gasteiger partial charge in [-0.15, -0.1) is 0 Å². The number of benzene rings is 1. The molecule has 1 aromatic heterocycles. The number of likely N-dealkylation sites (tertiary alicyclic amines) is 1. The fourth-order valence-electron chi connectivity index (χ4n) is 3.28. The quantitative estimate of drug-likeness (QED) is 0.923. The first-order valence-corrected chi connectivity index (χ1v) is 8.26. The lowest BCUT2D eigenvalue weighted by Gasteiger charge is -2.32. The molecule has 1 aliphatic rings. The Morgan fingerprint density at radius 1 is 1.28 bits per heavy atom. The number of rotatable bonds is 4. The van der Waals surface area contributed by atoms with Crippen molar-refractivity contribution in [2.45, 2.75) is 32.2 Å². The second-order valence-electron chi connectivity index (χ2n) is 6.27. The van der Waals surface area contributed by atoms with Gasteiger partial charge in [-0.2, -0.15) is 5.10 Å². The van der Waals surface area contributed by atoms with Crippen LogP contribution in [0, 0.1) is 12.7 Å². The van der Waals surface area contributed by atoms with Gasteiger partial charge in [0.25, 0.3) is 0 Å². The molecule has 1 aromatic carbocycles. The fraction of sp³-hybridized carbons (Fsp3) is 0.389. The average Bonchev–Trinajstić information content (AvgIpc) is 2.99. The molecule has 0 spiro atoms. The van der Waals surface area contributed by atoms with Gasteiger partial charge >= 0.3 is 5.97 Å². The second kappa shape index (κ2) is 7.04. The van der Waals surface area contributed by atoms with Crippen molar-refractivity contribution in [2.24, 2.45) is 0 Å². The van der Waals surface area contributed by atoms with E-state index < -0.39 is 5.97 Å². The highest BCUT2D eigenvalue weighted by molar-refractivity contribution is 5.88. The molecule has 0 saturated carbocycles. The van der Waals surface area contributed by atoms with Gasteiger partial charge in [0, 0.05) is 13.1 Å². The third-order valence-electron chi connectivity index (χ3n) is 4.74. The van der Waals surface area contributed by atoms with Crippen molar-refractivity contribution in [3.63, 3.8) is 0 Å². The number of carboxylic acids is 1. The van der Waals surface area contributed by atoms with Gasteiger partial charge in [0.1, 0.15) is 11.4 Å². The molecular formula is C18H20FN3O3. The normalized spacial score (nSPS) is 15.4. The Balaban J connectivity index is 1.61. The highest BCUT2D eigenvalue weighted by Gasteiger charge is 2.26. The van der Waals surface area contributed by atoms with Crippen molar-refractivity contribution in [3.05, 3.63) is 53.1 Å². The van der Waals surface area contributed by atoms with E-state index in [1.54, 1.807) is 34.7 Å². The van der Waals surface area contributed by atoms with Crippen molar-refractivity contribution in [2.75, 3.05) is 13.1 Å². The summed E-state index contributed by atoms with van der Waals surface area (Å²) in [6.45, 7) is 2.85. The standard InChI is InChI=1S/C18H20FN3O3/c1-12-15(18(24)25)11-20-22(12)14-6-8-21(9-7-14)17(23)10-13-4-2-3-5-16(13)19/h2-5,11,14H,6-10H2,1H3,(H,24,25). The predicted octanol–water partition coefficient (Wildman–Crippen LogP) is 2.44. The average molecular weight is 345 g/mol. The zero-order valence-electron chi connectivity index (χ0n) is 14.0. The molecule has 2 aromatic rings. The van der Waals surface area contributed by atoms with Crippen LogP contribution in [0.1, 0.15) is 40.5 Å². The molecule has 6 nitrogen and oxygen atoms in total. The van der Waals surface area contributed by atoms with E-state index in [0.717, 1.165) is 0 Å². The molecular weight excluding hydrogens is 325 g/mol. The molecule has 0 unspecified atom stereocenters. The lowest BCUT2D eigenvalue weighted by Crippen LogP contribution is -2.40. The third-order valence-corrected chi connectivity index (χ3v) is 4.74. The van der Waals surface area contributed by atoms with E-state index in [1.807, 2.05) is 0 Å². The molecule has 1 aliphatic heterocycles. The summed E-state index contributed by atoms with van der Waals surface area (Å²) >= 11 is 0. The first-order valence-electron chi connectivity index (χ1n) is 8.26. The Kier molecular flexibility index (Phi) is 4.83. The summed E-state index contributed by atoms with van der Waals surface area (Å²) in [6.07, 6.45) is 2.82. The maximum absolute atomic E-state index is 13.7. The summed E-state index contributed by atoms with van der Waals surface area (Å²) in [7, 11) is 0. The number of hydrogen-bond acceptors (Lipinski definition) is 3. The van der Waals surface area contributed by atoms with Crippen LogP contribution in [0.5, 0.6) is 0 Å². The Morgan fingerprint density at radius 2 is 1.96 bits per heavy atom. The van der Waals surface area contributed by atoms with Crippen molar-refractivity contribution >= 4 is 11.9 Å². The molecule has 132 valence electrons. The third kappa shape index (κ3) is 3.55. The molecule has 0 atom stereocenters. The molecule has 0 radical (unpaired) electrons. The number of amides is 1. The molecule has 1 fully saturated rings. The molecule has 3 rings (SSSR count). The molecule has 1 saturated heterocycles. The lowest BCUT2D eigenvalue weighted by molar-refractivity contribution is -0.131. The summed E-state index contributed by atoms with van der Waals surface area (Å²) in [5.74, 6) is -1.44. The highest BCUT2D eigenvalue weighted by atomic mass is 19.1. The molecule has 1 amide bonds. The number of hydrogen-bond donors (Lipinski definition) is 1. The minimum absolute atomic E-state index is 0.0568. The van der Waals surface area contributed by atoms with Crippen molar-refractivity contribution in [1.29, 1.82) is 0 Å². The number of aromatic carboxylic acids is 1. The van der Waals surface area contributed by atoms with Crippen LogP contribution in [0.2, 0.25) is 0 Å². The van der Waals surface area contributed by atoms with Crippen LogP contribution in [0.15, 0.2) is 30.5 Å². The molecule has 1 N–H and O–H groups in total. The van der Waals surface area contributed by atoms with E-state index in [2.05, 4.69) is 5.10 Å². The van der Waals surface area contributed by atoms with E-state index in [4.69, 9.17) is 5.11 Å². The Morgan fingerprint density at radius 3 is 2.56 bits per heavy atom. The van der Waals surface area contributed by atoms with E-state index in [-0.39, 0.29) is 29.8 Å². The van der Waals surface area contributed by atoms with Crippen LogP contribution in [0.4, 0.5) is 4.39 Å². The van der Waals surface area contributed by atoms with Gasteiger partial charge in [0.2, 0.25) is 5.91 Å². The summed E-state index contributed by atoms with van der Waals surface area (Å²) < 4.78 is 15.4. The van der Waals surface area contributed by atoms with Gasteiger partial charge in [-0.05, 0) is 31.4 Å². The van der Waals surface area contributed by atoms with Gasteiger partial charge < -0.3 is 10.0 Å². The highest BCUT2D eigenvalue weighted by Crippen LogP contribution is 2.25. The Bertz CT molecular complexity index is 795. The topological polar surface area (TPSA) is 75.4 Å². The lowest BCUT2D eigenvalue weighted by atomic mass is 10.0. The molecule has 7 heteroatoms. The van der Waals surface area contributed by atoms with Crippen LogP contribution in [0.25, 0.3) is 0 Å². The van der Waals surface area contributed by atoms with Gasteiger partial charge in [0.05, 0.1) is 24.4 Å². The zero-order chi connectivity index (χ0) is 18.0. The molecule has 25 heavy (non-hydrogen) atoms. The molecule has 2 heterocycles. The van der Waals surface area contributed by atoms with Gasteiger partial charge in [-0.25, -0.2) is 9.18 Å². The number of piperidine rings is 1. The van der Waals surface area contributed by atoms with Crippen LogP contribution in [0.3, 0.4) is 0 Å². The number of nitrogens with zero attached hydrogens (tertiary/aromatic N) is 3. The number of carbonyl (C=O) groups excluding carboxylic acids is 1. The molecule has 0 aliphatic carbocycles. The smallest absolute Gasteiger partial charge is 0.339 e. The van der Waals surface area contributed by atoms with Crippen LogP contribution >= 0.6 is 0 Å².